The van der Waals surface area contributed by atoms with E-state index < -0.39 is 0 Å². The summed E-state index contributed by atoms with van der Waals surface area (Å²) < 4.78 is 5.69. The van der Waals surface area contributed by atoms with Crippen molar-refractivity contribution in [3.8, 4) is 0 Å². The maximum absolute atomic E-state index is 5.69. The van der Waals surface area contributed by atoms with Gasteiger partial charge in [0.05, 0.1) is 12.8 Å². The molecule has 2 aliphatic rings. The molecule has 0 spiro atoms. The molecule has 3 heteroatoms. The van der Waals surface area contributed by atoms with Crippen molar-refractivity contribution in [2.45, 2.75) is 71.1 Å². The Morgan fingerprint density at radius 2 is 2.00 bits per heavy atom. The maximum atomic E-state index is 5.69. The molecule has 2 saturated carbocycles. The van der Waals surface area contributed by atoms with E-state index in [4.69, 9.17) is 4.42 Å². The molecule has 2 aliphatic carbocycles. The van der Waals surface area contributed by atoms with Gasteiger partial charge in [-0.1, -0.05) is 0 Å². The fourth-order valence-corrected chi connectivity index (χ4v) is 2.64. The largest absolute Gasteiger partial charge is 0.468 e. The molecule has 0 atom stereocenters. The molecule has 0 bridgehead atoms. The lowest BCUT2D eigenvalue weighted by molar-refractivity contribution is 0.241. The summed E-state index contributed by atoms with van der Waals surface area (Å²) in [6.45, 7) is 9.77. The topological polar surface area (TPSA) is 28.4 Å². The molecule has 0 radical (unpaired) electrons. The zero-order chi connectivity index (χ0) is 14.2. The van der Waals surface area contributed by atoms with E-state index in [-0.39, 0.29) is 5.54 Å². The molecule has 1 aromatic heterocycles. The third kappa shape index (κ3) is 4.10. The highest BCUT2D eigenvalue weighted by Gasteiger charge is 2.34. The summed E-state index contributed by atoms with van der Waals surface area (Å²) in [4.78, 5) is 2.68. The first-order valence-corrected chi connectivity index (χ1v) is 8.05. The molecule has 112 valence electrons. The Labute approximate surface area is 122 Å². The summed E-state index contributed by atoms with van der Waals surface area (Å²) >= 11 is 0. The Hall–Kier alpha value is -0.800. The predicted octanol–water partition coefficient (Wildman–Crippen LogP) is 3.54. The van der Waals surface area contributed by atoms with Gasteiger partial charge < -0.3 is 9.73 Å². The van der Waals surface area contributed by atoms with Gasteiger partial charge in [0.2, 0.25) is 0 Å². The second-order valence-electron chi connectivity index (χ2n) is 7.58. The van der Waals surface area contributed by atoms with Crippen LogP contribution in [0.4, 0.5) is 0 Å². The van der Waals surface area contributed by atoms with Gasteiger partial charge in [0, 0.05) is 30.2 Å². The average Bonchev–Trinajstić information content (AvgIpc) is 3.25. The number of nitrogens with one attached hydrogen (secondary N) is 1. The molecule has 0 saturated heterocycles. The monoisotopic (exact) mass is 276 g/mol. The standard InChI is InChI=1S/C17H28N2O/c1-17(2,3)18-10-16-14(8-9-20-16)12-19(15-6-7-15)11-13-4-5-13/h8-9,13,15,18H,4-7,10-12H2,1-3H3. The minimum Gasteiger partial charge on any atom is -0.468 e. The molecule has 1 aromatic rings. The highest BCUT2D eigenvalue weighted by atomic mass is 16.3. The first-order chi connectivity index (χ1) is 9.51. The van der Waals surface area contributed by atoms with Crippen molar-refractivity contribution >= 4 is 0 Å². The normalized spacial score (nSPS) is 19.8. The molecular formula is C17H28N2O. The lowest BCUT2D eigenvalue weighted by atomic mass is 10.1. The first-order valence-electron chi connectivity index (χ1n) is 8.05. The van der Waals surface area contributed by atoms with Gasteiger partial charge in [-0.2, -0.15) is 0 Å². The highest BCUT2D eigenvalue weighted by molar-refractivity contribution is 5.17. The molecule has 0 amide bonds. The van der Waals surface area contributed by atoms with Gasteiger partial charge >= 0.3 is 0 Å². The molecule has 3 nitrogen and oxygen atoms in total. The van der Waals surface area contributed by atoms with Crippen LogP contribution >= 0.6 is 0 Å². The maximum Gasteiger partial charge on any atom is 0.122 e. The van der Waals surface area contributed by atoms with E-state index in [9.17, 15) is 0 Å². The molecule has 2 fully saturated rings. The molecular weight excluding hydrogens is 248 g/mol. The van der Waals surface area contributed by atoms with Crippen molar-refractivity contribution in [1.29, 1.82) is 0 Å². The van der Waals surface area contributed by atoms with Gasteiger partial charge in [0.1, 0.15) is 5.76 Å². The van der Waals surface area contributed by atoms with Crippen LogP contribution in [-0.4, -0.2) is 23.0 Å². The lowest BCUT2D eigenvalue weighted by Gasteiger charge is -2.23. The predicted molar refractivity (Wildman–Crippen MR) is 81.5 cm³/mol. The van der Waals surface area contributed by atoms with Crippen LogP contribution in [0.15, 0.2) is 16.7 Å². The summed E-state index contributed by atoms with van der Waals surface area (Å²) in [5, 5.41) is 3.52. The van der Waals surface area contributed by atoms with E-state index in [1.165, 1.54) is 37.8 Å². The van der Waals surface area contributed by atoms with Crippen molar-refractivity contribution in [1.82, 2.24) is 10.2 Å². The third-order valence-electron chi connectivity index (χ3n) is 4.24. The Bertz CT molecular complexity index is 438. The summed E-state index contributed by atoms with van der Waals surface area (Å²) in [7, 11) is 0. The summed E-state index contributed by atoms with van der Waals surface area (Å²) in [6.07, 6.45) is 7.50. The van der Waals surface area contributed by atoms with Gasteiger partial charge in [-0.15, -0.1) is 0 Å². The minimum atomic E-state index is 0.133. The molecule has 3 rings (SSSR count). The van der Waals surface area contributed by atoms with E-state index in [2.05, 4.69) is 37.1 Å². The van der Waals surface area contributed by atoms with Crippen LogP contribution < -0.4 is 5.32 Å². The quantitative estimate of drug-likeness (QED) is 0.825. The molecule has 1 heterocycles. The van der Waals surface area contributed by atoms with Crippen molar-refractivity contribution in [2.24, 2.45) is 5.92 Å². The van der Waals surface area contributed by atoms with Gasteiger partial charge in [0.25, 0.3) is 0 Å². The van der Waals surface area contributed by atoms with Gasteiger partial charge in [0.15, 0.2) is 0 Å². The van der Waals surface area contributed by atoms with E-state index in [0.29, 0.717) is 0 Å². The molecule has 20 heavy (non-hydrogen) atoms. The summed E-state index contributed by atoms with van der Waals surface area (Å²) in [6, 6.07) is 3.00. The second-order valence-corrected chi connectivity index (χ2v) is 7.58. The number of furan rings is 1. The van der Waals surface area contributed by atoms with Crippen molar-refractivity contribution in [3.63, 3.8) is 0 Å². The Morgan fingerprint density at radius 1 is 1.25 bits per heavy atom. The van der Waals surface area contributed by atoms with Crippen LogP contribution in [0.25, 0.3) is 0 Å². The van der Waals surface area contributed by atoms with Crippen molar-refractivity contribution < 1.29 is 4.42 Å². The fraction of sp³-hybridized carbons (Fsp3) is 0.765. The molecule has 0 aliphatic heterocycles. The number of nitrogens with zero attached hydrogens (tertiary/aromatic N) is 1. The van der Waals surface area contributed by atoms with Crippen LogP contribution in [0.5, 0.6) is 0 Å². The lowest BCUT2D eigenvalue weighted by Crippen LogP contribution is -2.35. The van der Waals surface area contributed by atoms with Crippen LogP contribution in [0.1, 0.15) is 57.8 Å². The van der Waals surface area contributed by atoms with E-state index >= 15 is 0 Å². The van der Waals surface area contributed by atoms with E-state index in [0.717, 1.165) is 30.8 Å². The zero-order valence-corrected chi connectivity index (χ0v) is 13.1. The Morgan fingerprint density at radius 3 is 2.60 bits per heavy atom. The molecule has 1 N–H and O–H groups in total. The molecule has 0 aromatic carbocycles. The number of rotatable bonds is 7. The van der Waals surface area contributed by atoms with E-state index in [1.54, 1.807) is 0 Å². The molecule has 0 unspecified atom stereocenters. The first kappa shape index (κ1) is 14.2. The minimum absolute atomic E-state index is 0.133. The van der Waals surface area contributed by atoms with Gasteiger partial charge in [-0.05, 0) is 58.4 Å². The summed E-state index contributed by atoms with van der Waals surface area (Å²) in [5.41, 5.74) is 1.50. The average molecular weight is 276 g/mol. The highest BCUT2D eigenvalue weighted by Crippen LogP contribution is 2.36. The number of hydrogen-bond acceptors (Lipinski definition) is 3. The summed E-state index contributed by atoms with van der Waals surface area (Å²) in [5.74, 6) is 2.08. The van der Waals surface area contributed by atoms with Crippen LogP contribution in [0.2, 0.25) is 0 Å². The van der Waals surface area contributed by atoms with Crippen molar-refractivity contribution in [3.05, 3.63) is 23.7 Å². The van der Waals surface area contributed by atoms with Gasteiger partial charge in [-0.25, -0.2) is 0 Å². The smallest absolute Gasteiger partial charge is 0.122 e. The Balaban J connectivity index is 1.59. The second kappa shape index (κ2) is 5.53. The SMILES string of the molecule is CC(C)(C)NCc1occc1CN(CC1CC1)C1CC1. The Kier molecular flexibility index (Phi) is 3.91. The van der Waals surface area contributed by atoms with Crippen molar-refractivity contribution in [2.75, 3.05) is 6.54 Å². The fourth-order valence-electron chi connectivity index (χ4n) is 2.64. The van der Waals surface area contributed by atoms with Crippen LogP contribution in [-0.2, 0) is 13.1 Å². The van der Waals surface area contributed by atoms with E-state index in [1.807, 2.05) is 6.26 Å². The van der Waals surface area contributed by atoms with Gasteiger partial charge in [-0.3, -0.25) is 4.90 Å². The van der Waals surface area contributed by atoms with Crippen LogP contribution in [0.3, 0.4) is 0 Å². The third-order valence-corrected chi connectivity index (χ3v) is 4.24. The number of hydrogen-bond donors (Lipinski definition) is 1. The van der Waals surface area contributed by atoms with Crippen LogP contribution in [0, 0.1) is 5.92 Å². The zero-order valence-electron chi connectivity index (χ0n) is 13.1.